The van der Waals surface area contributed by atoms with E-state index in [1.807, 2.05) is 14.0 Å². The minimum Gasteiger partial charge on any atom is -0.481 e. The van der Waals surface area contributed by atoms with Crippen LogP contribution in [0, 0.1) is 6.92 Å². The molecule has 1 saturated heterocycles. The number of nitrogens with two attached hydrogens (primary N) is 1. The zero-order valence-corrected chi connectivity index (χ0v) is 13.1. The Hall–Kier alpha value is -1.11. The van der Waals surface area contributed by atoms with Crippen molar-refractivity contribution in [2.45, 2.75) is 32.4 Å². The van der Waals surface area contributed by atoms with Crippen LogP contribution in [0.15, 0.2) is 0 Å². The molecule has 0 radical (unpaired) electrons. The van der Waals surface area contributed by atoms with E-state index in [0.29, 0.717) is 13.2 Å². The van der Waals surface area contributed by atoms with Crippen LogP contribution in [0.3, 0.4) is 0 Å². The first kappa shape index (κ1) is 15.3. The second kappa shape index (κ2) is 5.71. The Morgan fingerprint density at radius 2 is 2.20 bits per heavy atom. The summed E-state index contributed by atoms with van der Waals surface area (Å²) in [6.07, 6.45) is 0. The van der Waals surface area contributed by atoms with Crippen molar-refractivity contribution in [3.8, 4) is 5.88 Å². The average molecular weight is 282 g/mol. The molecule has 0 aliphatic carbocycles. The second-order valence-corrected chi connectivity index (χ2v) is 5.94. The van der Waals surface area contributed by atoms with Gasteiger partial charge in [-0.1, -0.05) is 0 Å². The normalized spacial score (nSPS) is 20.9. The maximum absolute atomic E-state index is 6.08. The van der Waals surface area contributed by atoms with Gasteiger partial charge in [0.05, 0.1) is 37.6 Å². The maximum atomic E-state index is 6.08. The molecule has 6 heteroatoms. The van der Waals surface area contributed by atoms with E-state index in [9.17, 15) is 0 Å². The third kappa shape index (κ3) is 2.55. The number of rotatable bonds is 4. The first-order valence-corrected chi connectivity index (χ1v) is 7.04. The van der Waals surface area contributed by atoms with E-state index in [0.717, 1.165) is 30.3 Å². The Bertz CT molecular complexity index is 470. The zero-order valence-electron chi connectivity index (χ0n) is 13.1. The Morgan fingerprint density at radius 1 is 1.50 bits per heavy atom. The van der Waals surface area contributed by atoms with Gasteiger partial charge in [0.15, 0.2) is 0 Å². The lowest BCUT2D eigenvalue weighted by molar-refractivity contribution is -0.0716. The van der Waals surface area contributed by atoms with Crippen molar-refractivity contribution >= 4 is 0 Å². The number of aromatic nitrogens is 2. The summed E-state index contributed by atoms with van der Waals surface area (Å²) < 4.78 is 12.9. The fourth-order valence-corrected chi connectivity index (χ4v) is 3.13. The van der Waals surface area contributed by atoms with Crippen molar-refractivity contribution in [2.75, 3.05) is 33.4 Å². The van der Waals surface area contributed by atoms with Crippen LogP contribution in [-0.2, 0) is 11.8 Å². The van der Waals surface area contributed by atoms with Crippen LogP contribution >= 0.6 is 0 Å². The van der Waals surface area contributed by atoms with Crippen molar-refractivity contribution in [1.82, 2.24) is 14.7 Å². The molecule has 20 heavy (non-hydrogen) atoms. The highest BCUT2D eigenvalue weighted by atomic mass is 16.5. The highest BCUT2D eigenvalue weighted by molar-refractivity contribution is 5.35. The van der Waals surface area contributed by atoms with Gasteiger partial charge in [0.1, 0.15) is 0 Å². The number of ether oxygens (including phenoxy) is 2. The Labute approximate surface area is 120 Å². The van der Waals surface area contributed by atoms with Crippen molar-refractivity contribution in [1.29, 1.82) is 0 Å². The molecule has 1 aromatic heterocycles. The lowest BCUT2D eigenvalue weighted by atomic mass is 9.95. The molecule has 6 nitrogen and oxygen atoms in total. The molecule has 1 atom stereocenters. The summed E-state index contributed by atoms with van der Waals surface area (Å²) in [4.78, 5) is 2.41. The van der Waals surface area contributed by atoms with Crippen LogP contribution in [0.25, 0.3) is 0 Å². The van der Waals surface area contributed by atoms with E-state index < -0.39 is 0 Å². The Morgan fingerprint density at radius 3 is 2.75 bits per heavy atom. The summed E-state index contributed by atoms with van der Waals surface area (Å²) in [6.45, 7) is 9.24. The number of aryl methyl sites for hydroxylation is 2. The summed E-state index contributed by atoms with van der Waals surface area (Å²) in [7, 11) is 3.57. The molecule has 1 unspecified atom stereocenters. The summed E-state index contributed by atoms with van der Waals surface area (Å²) in [5.74, 6) is 0.792. The van der Waals surface area contributed by atoms with Crippen LogP contribution in [0.1, 0.15) is 31.1 Å². The number of hydrogen-bond donors (Lipinski definition) is 1. The van der Waals surface area contributed by atoms with Gasteiger partial charge < -0.3 is 15.2 Å². The number of methoxy groups -OCH3 is 1. The molecular weight excluding hydrogens is 256 g/mol. The molecule has 2 N–H and O–H groups in total. The van der Waals surface area contributed by atoms with E-state index in [1.54, 1.807) is 11.8 Å². The molecule has 0 spiro atoms. The number of hydrogen-bond acceptors (Lipinski definition) is 5. The van der Waals surface area contributed by atoms with Gasteiger partial charge in [0.2, 0.25) is 5.88 Å². The summed E-state index contributed by atoms with van der Waals surface area (Å²) >= 11 is 0. The smallest absolute Gasteiger partial charge is 0.216 e. The number of morpholine rings is 1. The molecule has 1 aromatic rings. The van der Waals surface area contributed by atoms with Crippen LogP contribution in [0.2, 0.25) is 0 Å². The standard InChI is InChI=1S/C14H26N4O2/c1-10-12(13(19-5)17(4)16-10)11(8-15)18-6-7-20-9-14(18,2)3/h11H,6-9,15H2,1-5H3. The van der Waals surface area contributed by atoms with Gasteiger partial charge in [0, 0.05) is 25.7 Å². The van der Waals surface area contributed by atoms with Crippen molar-refractivity contribution in [3.05, 3.63) is 11.3 Å². The van der Waals surface area contributed by atoms with Crippen LogP contribution in [-0.4, -0.2) is 53.6 Å². The summed E-state index contributed by atoms with van der Waals surface area (Å²) in [6, 6.07) is 0.0950. The third-order valence-electron chi connectivity index (χ3n) is 4.05. The monoisotopic (exact) mass is 282 g/mol. The minimum absolute atomic E-state index is 0.0461. The third-order valence-corrected chi connectivity index (χ3v) is 4.05. The van der Waals surface area contributed by atoms with Gasteiger partial charge in [-0.05, 0) is 20.8 Å². The van der Waals surface area contributed by atoms with Crippen LogP contribution < -0.4 is 10.5 Å². The highest BCUT2D eigenvalue weighted by Crippen LogP contribution is 2.36. The van der Waals surface area contributed by atoms with Gasteiger partial charge in [-0.25, -0.2) is 4.68 Å². The maximum Gasteiger partial charge on any atom is 0.216 e. The molecule has 1 aliphatic rings. The zero-order chi connectivity index (χ0) is 14.9. The van der Waals surface area contributed by atoms with Gasteiger partial charge in [-0.3, -0.25) is 4.90 Å². The Balaban J connectivity index is 2.42. The average Bonchev–Trinajstić information content (AvgIpc) is 2.67. The van der Waals surface area contributed by atoms with E-state index >= 15 is 0 Å². The lowest BCUT2D eigenvalue weighted by Gasteiger charge is -2.46. The molecule has 0 bridgehead atoms. The topological polar surface area (TPSA) is 65.5 Å². The molecule has 2 heterocycles. The van der Waals surface area contributed by atoms with Crippen LogP contribution in [0.4, 0.5) is 0 Å². The predicted octanol–water partition coefficient (Wildman–Crippen LogP) is 0.848. The first-order chi connectivity index (χ1) is 9.42. The lowest BCUT2D eigenvalue weighted by Crippen LogP contribution is -2.55. The van der Waals surface area contributed by atoms with Gasteiger partial charge >= 0.3 is 0 Å². The summed E-state index contributed by atoms with van der Waals surface area (Å²) in [5.41, 5.74) is 8.10. The number of nitrogens with zero attached hydrogens (tertiary/aromatic N) is 3. The molecule has 0 amide bonds. The Kier molecular flexibility index (Phi) is 4.36. The van der Waals surface area contributed by atoms with Crippen molar-refractivity contribution in [2.24, 2.45) is 12.8 Å². The van der Waals surface area contributed by atoms with E-state index in [2.05, 4.69) is 23.8 Å². The van der Waals surface area contributed by atoms with Gasteiger partial charge in [-0.15, -0.1) is 0 Å². The predicted molar refractivity (Wildman–Crippen MR) is 77.9 cm³/mol. The molecule has 114 valence electrons. The first-order valence-electron chi connectivity index (χ1n) is 7.04. The van der Waals surface area contributed by atoms with E-state index in [-0.39, 0.29) is 11.6 Å². The fourth-order valence-electron chi connectivity index (χ4n) is 3.13. The molecule has 2 rings (SSSR count). The molecular formula is C14H26N4O2. The largest absolute Gasteiger partial charge is 0.481 e. The minimum atomic E-state index is -0.0461. The second-order valence-electron chi connectivity index (χ2n) is 5.94. The molecule has 1 fully saturated rings. The molecule has 0 saturated carbocycles. The SMILES string of the molecule is COc1c(C(CN)N2CCOCC2(C)C)c(C)nn1C. The van der Waals surface area contributed by atoms with Gasteiger partial charge in [-0.2, -0.15) is 5.10 Å². The van der Waals surface area contributed by atoms with E-state index in [4.69, 9.17) is 15.2 Å². The van der Waals surface area contributed by atoms with Gasteiger partial charge in [0.25, 0.3) is 0 Å². The van der Waals surface area contributed by atoms with Crippen molar-refractivity contribution in [3.63, 3.8) is 0 Å². The molecule has 1 aliphatic heterocycles. The fraction of sp³-hybridized carbons (Fsp3) is 0.786. The van der Waals surface area contributed by atoms with E-state index in [1.165, 1.54) is 0 Å². The van der Waals surface area contributed by atoms with Crippen molar-refractivity contribution < 1.29 is 9.47 Å². The highest BCUT2D eigenvalue weighted by Gasteiger charge is 2.38. The summed E-state index contributed by atoms with van der Waals surface area (Å²) in [5, 5.41) is 4.47. The molecule has 0 aromatic carbocycles. The van der Waals surface area contributed by atoms with Crippen LogP contribution in [0.5, 0.6) is 5.88 Å². The quantitative estimate of drug-likeness (QED) is 0.887.